The molecule has 0 aliphatic heterocycles. The maximum atomic E-state index is 12.0. The maximum Gasteiger partial charge on any atom is 0.573 e. The van der Waals surface area contributed by atoms with Crippen molar-refractivity contribution in [3.05, 3.63) is 29.8 Å². The summed E-state index contributed by atoms with van der Waals surface area (Å²) >= 11 is 0. The van der Waals surface area contributed by atoms with Gasteiger partial charge in [-0.3, -0.25) is 0 Å². The van der Waals surface area contributed by atoms with Crippen molar-refractivity contribution in [2.24, 2.45) is 5.92 Å². The number of ether oxygens (including phenoxy) is 1. The number of hydrogen-bond donors (Lipinski definition) is 2. The molecular formula is C14H18F3NO2. The van der Waals surface area contributed by atoms with Crippen molar-refractivity contribution >= 4 is 0 Å². The van der Waals surface area contributed by atoms with Crippen molar-refractivity contribution in [2.75, 3.05) is 6.54 Å². The minimum atomic E-state index is -4.65. The Morgan fingerprint density at radius 2 is 1.90 bits per heavy atom. The van der Waals surface area contributed by atoms with Gasteiger partial charge in [0.25, 0.3) is 0 Å². The van der Waals surface area contributed by atoms with Crippen molar-refractivity contribution in [3.8, 4) is 5.75 Å². The quantitative estimate of drug-likeness (QED) is 0.876. The minimum absolute atomic E-state index is 0.180. The highest BCUT2D eigenvalue weighted by Gasteiger charge is 2.30. The molecule has 1 aromatic carbocycles. The SMILES string of the molecule is OC1CCC(CNCc2ccc(OC(F)(F)F)cc2)C1. The number of rotatable bonds is 5. The summed E-state index contributed by atoms with van der Waals surface area (Å²) < 4.78 is 39.8. The lowest BCUT2D eigenvalue weighted by molar-refractivity contribution is -0.274. The fraction of sp³-hybridized carbons (Fsp3) is 0.571. The highest BCUT2D eigenvalue weighted by Crippen LogP contribution is 2.25. The van der Waals surface area contributed by atoms with E-state index >= 15 is 0 Å². The molecule has 2 rings (SSSR count). The van der Waals surface area contributed by atoms with E-state index in [2.05, 4.69) is 10.1 Å². The molecule has 0 spiro atoms. The highest BCUT2D eigenvalue weighted by atomic mass is 19.4. The third-order valence-corrected chi connectivity index (χ3v) is 3.43. The van der Waals surface area contributed by atoms with E-state index in [4.69, 9.17) is 0 Å². The van der Waals surface area contributed by atoms with Crippen LogP contribution in [0.5, 0.6) is 5.75 Å². The lowest BCUT2D eigenvalue weighted by Gasteiger charge is -2.12. The Kier molecular flexibility index (Phi) is 4.88. The van der Waals surface area contributed by atoms with Crippen molar-refractivity contribution in [3.63, 3.8) is 0 Å². The van der Waals surface area contributed by atoms with Crippen LogP contribution in [0.3, 0.4) is 0 Å². The fourth-order valence-electron chi connectivity index (χ4n) is 2.46. The molecule has 1 aromatic rings. The second-order valence-electron chi connectivity index (χ2n) is 5.16. The number of aliphatic hydroxyl groups is 1. The molecule has 3 nitrogen and oxygen atoms in total. The summed E-state index contributed by atoms with van der Waals surface area (Å²) in [7, 11) is 0. The summed E-state index contributed by atoms with van der Waals surface area (Å²) in [5, 5.41) is 12.7. The number of halogens is 3. The smallest absolute Gasteiger partial charge is 0.406 e. The zero-order valence-corrected chi connectivity index (χ0v) is 11.0. The first kappa shape index (κ1) is 15.1. The number of alkyl halides is 3. The summed E-state index contributed by atoms with van der Waals surface area (Å²) in [5.41, 5.74) is 0.901. The van der Waals surface area contributed by atoms with Gasteiger partial charge in [-0.25, -0.2) is 0 Å². The van der Waals surface area contributed by atoms with Crippen LogP contribution in [-0.4, -0.2) is 24.1 Å². The van der Waals surface area contributed by atoms with E-state index in [-0.39, 0.29) is 11.9 Å². The molecule has 2 N–H and O–H groups in total. The Morgan fingerprint density at radius 3 is 2.45 bits per heavy atom. The monoisotopic (exact) mass is 289 g/mol. The first-order chi connectivity index (χ1) is 9.42. The average Bonchev–Trinajstić information content (AvgIpc) is 2.75. The molecule has 0 radical (unpaired) electrons. The van der Waals surface area contributed by atoms with E-state index in [1.165, 1.54) is 12.1 Å². The first-order valence-corrected chi connectivity index (χ1v) is 6.66. The molecule has 0 aromatic heterocycles. The summed E-state index contributed by atoms with van der Waals surface area (Å²) in [4.78, 5) is 0. The van der Waals surface area contributed by atoms with E-state index in [0.29, 0.717) is 12.5 Å². The van der Waals surface area contributed by atoms with Gasteiger partial charge in [0.15, 0.2) is 0 Å². The van der Waals surface area contributed by atoms with Crippen LogP contribution >= 0.6 is 0 Å². The predicted octanol–water partition coefficient (Wildman–Crippen LogP) is 2.84. The zero-order chi connectivity index (χ0) is 14.6. The number of hydrogen-bond acceptors (Lipinski definition) is 3. The molecule has 6 heteroatoms. The van der Waals surface area contributed by atoms with Gasteiger partial charge < -0.3 is 15.2 Å². The van der Waals surface area contributed by atoms with Crippen LogP contribution in [0.15, 0.2) is 24.3 Å². The Labute approximate surface area is 115 Å². The van der Waals surface area contributed by atoms with Gasteiger partial charge in [0.1, 0.15) is 5.75 Å². The fourth-order valence-corrected chi connectivity index (χ4v) is 2.46. The normalized spacial score (nSPS) is 23.0. The van der Waals surface area contributed by atoms with Crippen molar-refractivity contribution < 1.29 is 23.0 Å². The van der Waals surface area contributed by atoms with Gasteiger partial charge in [0, 0.05) is 6.54 Å². The van der Waals surface area contributed by atoms with E-state index in [1.54, 1.807) is 12.1 Å². The lowest BCUT2D eigenvalue weighted by atomic mass is 10.1. The lowest BCUT2D eigenvalue weighted by Crippen LogP contribution is -2.21. The third kappa shape index (κ3) is 5.02. The van der Waals surface area contributed by atoms with Crippen LogP contribution in [-0.2, 0) is 6.54 Å². The molecule has 1 saturated carbocycles. The largest absolute Gasteiger partial charge is 0.573 e. The van der Waals surface area contributed by atoms with Gasteiger partial charge >= 0.3 is 6.36 Å². The van der Waals surface area contributed by atoms with Crippen LogP contribution in [0.4, 0.5) is 13.2 Å². The zero-order valence-electron chi connectivity index (χ0n) is 11.0. The topological polar surface area (TPSA) is 41.5 Å². The molecule has 20 heavy (non-hydrogen) atoms. The molecule has 112 valence electrons. The van der Waals surface area contributed by atoms with E-state index in [9.17, 15) is 18.3 Å². The molecule has 2 atom stereocenters. The summed E-state index contributed by atoms with van der Waals surface area (Å²) in [5.74, 6) is 0.276. The minimum Gasteiger partial charge on any atom is -0.406 e. The Balaban J connectivity index is 1.73. The molecule has 2 unspecified atom stereocenters. The number of aliphatic hydroxyl groups excluding tert-OH is 1. The molecule has 0 heterocycles. The average molecular weight is 289 g/mol. The third-order valence-electron chi connectivity index (χ3n) is 3.43. The van der Waals surface area contributed by atoms with Crippen molar-refractivity contribution in [1.82, 2.24) is 5.32 Å². The van der Waals surface area contributed by atoms with E-state index in [0.717, 1.165) is 31.4 Å². The van der Waals surface area contributed by atoms with Gasteiger partial charge in [-0.05, 0) is 49.4 Å². The molecule has 1 aliphatic carbocycles. The van der Waals surface area contributed by atoms with Crippen LogP contribution in [0, 0.1) is 5.92 Å². The standard InChI is InChI=1S/C14H18F3NO2/c15-14(16,17)20-13-5-2-10(3-6-13)8-18-9-11-1-4-12(19)7-11/h2-3,5-6,11-12,18-19H,1,4,7-9H2. The van der Waals surface area contributed by atoms with Gasteiger partial charge in [-0.1, -0.05) is 12.1 Å². The first-order valence-electron chi connectivity index (χ1n) is 6.66. The molecule has 0 saturated heterocycles. The van der Waals surface area contributed by atoms with Crippen LogP contribution in [0.25, 0.3) is 0 Å². The molecular weight excluding hydrogens is 271 g/mol. The summed E-state index contributed by atoms with van der Waals surface area (Å²) in [6, 6.07) is 5.84. The predicted molar refractivity (Wildman–Crippen MR) is 68.2 cm³/mol. The van der Waals surface area contributed by atoms with Crippen LogP contribution in [0.1, 0.15) is 24.8 Å². The molecule has 1 fully saturated rings. The van der Waals surface area contributed by atoms with Crippen molar-refractivity contribution in [2.45, 2.75) is 38.3 Å². The van der Waals surface area contributed by atoms with Crippen molar-refractivity contribution in [1.29, 1.82) is 0 Å². The Hall–Kier alpha value is -1.27. The maximum absolute atomic E-state index is 12.0. The van der Waals surface area contributed by atoms with Gasteiger partial charge in [-0.15, -0.1) is 13.2 Å². The summed E-state index contributed by atoms with van der Waals surface area (Å²) in [6.07, 6.45) is -2.13. The molecule has 0 bridgehead atoms. The van der Waals surface area contributed by atoms with Gasteiger partial charge in [0.05, 0.1) is 6.10 Å². The van der Waals surface area contributed by atoms with E-state index in [1.807, 2.05) is 0 Å². The number of benzene rings is 1. The van der Waals surface area contributed by atoms with Gasteiger partial charge in [0.2, 0.25) is 0 Å². The van der Waals surface area contributed by atoms with E-state index < -0.39 is 6.36 Å². The molecule has 1 aliphatic rings. The van der Waals surface area contributed by atoms with Gasteiger partial charge in [-0.2, -0.15) is 0 Å². The summed E-state index contributed by atoms with van der Waals surface area (Å²) in [6.45, 7) is 1.41. The Bertz CT molecular complexity index is 419. The van der Waals surface area contributed by atoms with Crippen LogP contribution < -0.4 is 10.1 Å². The van der Waals surface area contributed by atoms with Crippen LogP contribution in [0.2, 0.25) is 0 Å². The Morgan fingerprint density at radius 1 is 1.20 bits per heavy atom. The number of nitrogens with one attached hydrogen (secondary N) is 1. The highest BCUT2D eigenvalue weighted by molar-refractivity contribution is 5.27. The second kappa shape index (κ2) is 6.45. The molecule has 0 amide bonds. The second-order valence-corrected chi connectivity index (χ2v) is 5.16.